The molecule has 6 rings (SSSR count). The lowest BCUT2D eigenvalue weighted by Crippen LogP contribution is -2.55. The van der Waals surface area contributed by atoms with E-state index in [4.69, 9.17) is 23.7 Å². The van der Waals surface area contributed by atoms with Gasteiger partial charge >= 0.3 is 23.8 Å². The van der Waals surface area contributed by atoms with E-state index in [0.717, 1.165) is 75.3 Å². The highest BCUT2D eigenvalue weighted by Crippen LogP contribution is 2.50. The zero-order chi connectivity index (χ0) is 53.4. The molecular weight excluding hydrogens is 961 g/mol. The Morgan fingerprint density at radius 2 is 1.22 bits per heavy atom. The number of carbonyl (C=O) groups excluding carboxylic acids is 5. The molecule has 2 aromatic carbocycles. The number of unbranched alkanes of at least 4 members (excludes halogenated alkanes) is 8. The van der Waals surface area contributed by atoms with E-state index in [0.29, 0.717) is 70.8 Å². The van der Waals surface area contributed by atoms with Gasteiger partial charge in [-0.1, -0.05) is 126 Å². The highest BCUT2D eigenvalue weighted by Gasteiger charge is 2.60. The summed E-state index contributed by atoms with van der Waals surface area (Å²) in [5, 5.41) is 10.5. The van der Waals surface area contributed by atoms with E-state index in [1.54, 1.807) is 0 Å². The number of ether oxygens (including phenoxy) is 5. The number of alkyl halides is 4. The van der Waals surface area contributed by atoms with Gasteiger partial charge in [0, 0.05) is 69.8 Å². The van der Waals surface area contributed by atoms with Crippen molar-refractivity contribution in [2.75, 3.05) is 6.61 Å². The number of ketones is 3. The number of hydrogen-bond acceptors (Lipinski definition) is 11. The quantitative estimate of drug-likeness (QED) is 0.0436. The molecule has 0 bridgehead atoms. The minimum Gasteiger partial charge on any atom is -0.461 e. The third kappa shape index (κ3) is 19.5. The molecule has 11 nitrogen and oxygen atoms in total. The minimum absolute atomic E-state index is 0.0561. The molecule has 2 aliphatic carbocycles. The second kappa shape index (κ2) is 31.2. The number of hydrogen-bond donors (Lipinski definition) is 1. The molecule has 2 heterocycles. The summed E-state index contributed by atoms with van der Waals surface area (Å²) >= 11 is 0. The zero-order valence-corrected chi connectivity index (χ0v) is 44.1. The first-order valence-electron chi connectivity index (χ1n) is 28.0. The fourth-order valence-corrected chi connectivity index (χ4v) is 11.0. The van der Waals surface area contributed by atoms with Crippen molar-refractivity contribution in [3.05, 3.63) is 71.8 Å². The van der Waals surface area contributed by atoms with Gasteiger partial charge in [0.15, 0.2) is 6.29 Å². The highest BCUT2D eigenvalue weighted by molar-refractivity contribution is 5.87. The van der Waals surface area contributed by atoms with E-state index in [1.165, 1.54) is 0 Å². The average molecular weight is 1050 g/mol. The maximum absolute atomic E-state index is 14.6. The van der Waals surface area contributed by atoms with Gasteiger partial charge in [-0.25, -0.2) is 8.78 Å². The van der Waals surface area contributed by atoms with Crippen LogP contribution < -0.4 is 0 Å². The van der Waals surface area contributed by atoms with Crippen LogP contribution in [0.4, 0.5) is 17.6 Å². The molecular formula is C59H84F4O11. The van der Waals surface area contributed by atoms with E-state index in [1.807, 2.05) is 74.5 Å². The zero-order valence-electron chi connectivity index (χ0n) is 44.1. The summed E-state index contributed by atoms with van der Waals surface area (Å²) in [6.07, 6.45) is 11.5. The number of benzene rings is 2. The Bertz CT molecular complexity index is 2000. The molecule has 1 N–H and O–H groups in total. The van der Waals surface area contributed by atoms with Gasteiger partial charge in [-0.3, -0.25) is 24.0 Å². The predicted octanol–water partition coefficient (Wildman–Crippen LogP) is 13.3. The SMILES string of the molecule is CCCCC(F)(F)C(=O)CC[C@@H]1C(CCCCCCC(=O)OCc2ccccc2)C(=O)C[C@H]1OC1CCCCO1.CCCCC(F)(F)[C@@]1(O)CC[C@@H]2C(CCCCCCC(=O)OCc3ccccc3)C(=O)C[C@H]2O1. The molecule has 4 fully saturated rings. The molecule has 0 amide bonds. The Kier molecular flexibility index (Phi) is 25.7. The van der Waals surface area contributed by atoms with Crippen LogP contribution in [0.25, 0.3) is 0 Å². The number of fused-ring (bicyclic) bond motifs is 1. The number of rotatable bonds is 31. The summed E-state index contributed by atoms with van der Waals surface area (Å²) in [5.41, 5.74) is 1.92. The van der Waals surface area contributed by atoms with Crippen LogP contribution in [0.3, 0.4) is 0 Å². The Morgan fingerprint density at radius 3 is 1.78 bits per heavy atom. The molecule has 8 atom stereocenters. The van der Waals surface area contributed by atoms with Gasteiger partial charge in [0.05, 0.1) is 12.2 Å². The molecule has 3 unspecified atom stereocenters. The number of Topliss-reactive ketones (excluding diaryl/α,β-unsaturated/α-hetero) is 3. The molecule has 414 valence electrons. The topological polar surface area (TPSA) is 152 Å². The largest absolute Gasteiger partial charge is 0.461 e. The Hall–Kier alpha value is -4.05. The van der Waals surface area contributed by atoms with Crippen LogP contribution in [-0.2, 0) is 60.9 Å². The summed E-state index contributed by atoms with van der Waals surface area (Å²) in [4.78, 5) is 61.9. The molecule has 2 aliphatic heterocycles. The van der Waals surface area contributed by atoms with Gasteiger partial charge in [0.2, 0.25) is 11.6 Å². The third-order valence-corrected chi connectivity index (χ3v) is 15.4. The lowest BCUT2D eigenvalue weighted by molar-refractivity contribution is -0.356. The summed E-state index contributed by atoms with van der Waals surface area (Å²) in [5.74, 6) is -11.3. The Morgan fingerprint density at radius 1 is 0.662 bits per heavy atom. The maximum Gasteiger partial charge on any atom is 0.306 e. The van der Waals surface area contributed by atoms with Crippen LogP contribution >= 0.6 is 0 Å². The first kappa shape index (κ1) is 60.8. The van der Waals surface area contributed by atoms with Crippen molar-refractivity contribution in [3.8, 4) is 0 Å². The van der Waals surface area contributed by atoms with E-state index in [9.17, 15) is 46.6 Å². The van der Waals surface area contributed by atoms with Crippen LogP contribution in [0.15, 0.2) is 60.7 Å². The van der Waals surface area contributed by atoms with Gasteiger partial charge in [-0.15, -0.1) is 0 Å². The van der Waals surface area contributed by atoms with Crippen molar-refractivity contribution in [1.82, 2.24) is 0 Å². The second-order valence-electron chi connectivity index (χ2n) is 21.1. The van der Waals surface area contributed by atoms with E-state index in [2.05, 4.69) is 0 Å². The number of halogens is 4. The Balaban J connectivity index is 0.000000278. The van der Waals surface area contributed by atoms with Gasteiger partial charge in [-0.2, -0.15) is 8.78 Å². The normalized spacial score (nSPS) is 25.0. The standard InChI is InChI=1S/C32H46F2O6.C27H38F2O5/c1-2-3-20-32(33,34)29(36)19-18-26-25(27(35)22-28(26)40-31-17-11-12-21-38-31)15-9-4-5-10-16-30(37)39-23-24-13-7-6-8-14-24;1-2-3-16-26(28,29)27(32)17-15-22-21(23(30)18-24(22)34-27)13-9-4-5-10-14-25(31)33-19-20-11-7-6-8-12-20/h6-8,13-14,25-26,28,31H,2-5,9-12,15-23H2,1H3;6-8,11-12,21-22,24,32H,2-5,9-10,13-19H2,1H3/t25?,26-,28-,31?;21?,22-,24-,27-/m11/s1. The van der Waals surface area contributed by atoms with Crippen LogP contribution in [0, 0.1) is 23.7 Å². The fraction of sp³-hybridized carbons (Fsp3) is 0.712. The van der Waals surface area contributed by atoms with Gasteiger partial charge in [-0.05, 0) is 93.6 Å². The van der Waals surface area contributed by atoms with Gasteiger partial charge in [0.25, 0.3) is 0 Å². The van der Waals surface area contributed by atoms with E-state index in [-0.39, 0.29) is 98.8 Å². The van der Waals surface area contributed by atoms with Crippen LogP contribution in [0.2, 0.25) is 0 Å². The molecule has 0 radical (unpaired) electrons. The first-order chi connectivity index (χ1) is 35.6. The van der Waals surface area contributed by atoms with Gasteiger partial charge < -0.3 is 28.8 Å². The lowest BCUT2D eigenvalue weighted by atomic mass is 9.81. The van der Waals surface area contributed by atoms with Crippen LogP contribution in [-0.4, -0.2) is 77.1 Å². The fourth-order valence-electron chi connectivity index (χ4n) is 11.0. The third-order valence-electron chi connectivity index (χ3n) is 15.4. The van der Waals surface area contributed by atoms with Crippen molar-refractivity contribution < 1.29 is 70.3 Å². The first-order valence-corrected chi connectivity index (χ1v) is 28.0. The summed E-state index contributed by atoms with van der Waals surface area (Å²) in [6, 6.07) is 19.1. The Labute approximate surface area is 436 Å². The van der Waals surface area contributed by atoms with Crippen LogP contribution in [0.5, 0.6) is 0 Å². The van der Waals surface area contributed by atoms with E-state index < -0.39 is 48.5 Å². The molecule has 0 aromatic heterocycles. The van der Waals surface area contributed by atoms with Gasteiger partial charge in [0.1, 0.15) is 24.8 Å². The van der Waals surface area contributed by atoms with Crippen molar-refractivity contribution in [3.63, 3.8) is 0 Å². The number of aliphatic hydroxyl groups is 1. The monoisotopic (exact) mass is 1040 g/mol. The molecule has 2 saturated carbocycles. The molecule has 74 heavy (non-hydrogen) atoms. The molecule has 15 heteroatoms. The van der Waals surface area contributed by atoms with Crippen molar-refractivity contribution >= 4 is 29.3 Å². The molecule has 4 aliphatic rings. The van der Waals surface area contributed by atoms with Crippen molar-refractivity contribution in [2.45, 2.75) is 237 Å². The smallest absolute Gasteiger partial charge is 0.306 e. The predicted molar refractivity (Wildman–Crippen MR) is 272 cm³/mol. The molecule has 2 aromatic rings. The van der Waals surface area contributed by atoms with Crippen molar-refractivity contribution in [2.24, 2.45) is 23.7 Å². The summed E-state index contributed by atoms with van der Waals surface area (Å²) in [7, 11) is 0. The summed E-state index contributed by atoms with van der Waals surface area (Å²) < 4.78 is 85.8. The lowest BCUT2D eigenvalue weighted by Gasteiger charge is -2.43. The van der Waals surface area contributed by atoms with Crippen LogP contribution in [0.1, 0.15) is 198 Å². The summed E-state index contributed by atoms with van der Waals surface area (Å²) in [6.45, 7) is 4.82. The highest BCUT2D eigenvalue weighted by atomic mass is 19.3. The van der Waals surface area contributed by atoms with Crippen molar-refractivity contribution in [1.29, 1.82) is 0 Å². The second-order valence-corrected chi connectivity index (χ2v) is 21.1. The average Bonchev–Trinajstić information content (AvgIpc) is 3.87. The van der Waals surface area contributed by atoms with E-state index >= 15 is 0 Å². The maximum atomic E-state index is 14.6. The molecule has 2 saturated heterocycles. The molecule has 0 spiro atoms. The number of esters is 2. The minimum atomic E-state index is -3.32. The number of carbonyl (C=O) groups is 5.